The Morgan fingerprint density at radius 2 is 1.27 bits per heavy atom. The van der Waals surface area contributed by atoms with E-state index in [1.165, 1.54) is 52.2 Å². The molecule has 1 aliphatic rings. The zero-order valence-corrected chi connectivity index (χ0v) is 21.7. The molecule has 0 radical (unpaired) electrons. The molecule has 0 amide bonds. The Morgan fingerprint density at radius 1 is 0.800 bits per heavy atom. The Labute approximate surface area is 187 Å². The molecule has 0 atom stereocenters. The standard InChI is InChI=1S/C10H21N.C9H18O2.C6H12O2/c1-10(2)6-9-11-7-4-3-5-8-11;1-7(2)6-11-8(10)9(3,4)5;1-5(2)4-8-6(3)7/h10H,3-9H2,1-2H3;7H,6H2,1-5H3;5H,4H2,1-3H3. The van der Waals surface area contributed by atoms with Crippen LogP contribution in [0.4, 0.5) is 0 Å². The fraction of sp³-hybridized carbons (Fsp3) is 0.920. The summed E-state index contributed by atoms with van der Waals surface area (Å²) in [5.74, 6) is 1.42. The van der Waals surface area contributed by atoms with Crippen molar-refractivity contribution in [2.45, 2.75) is 94.9 Å². The number of hydrogen-bond donors (Lipinski definition) is 0. The van der Waals surface area contributed by atoms with Crippen LogP contribution in [-0.4, -0.2) is 49.7 Å². The third kappa shape index (κ3) is 23.2. The van der Waals surface area contributed by atoms with Crippen LogP contribution in [-0.2, 0) is 19.1 Å². The van der Waals surface area contributed by atoms with E-state index in [0.29, 0.717) is 25.0 Å². The van der Waals surface area contributed by atoms with Gasteiger partial charge in [-0.25, -0.2) is 0 Å². The molecule has 1 fully saturated rings. The molecule has 1 heterocycles. The monoisotopic (exact) mass is 429 g/mol. The van der Waals surface area contributed by atoms with Gasteiger partial charge in [0, 0.05) is 6.92 Å². The third-order valence-corrected chi connectivity index (χ3v) is 4.25. The molecule has 0 spiro atoms. The Hall–Kier alpha value is -1.10. The van der Waals surface area contributed by atoms with E-state index >= 15 is 0 Å². The molecule has 0 unspecified atom stereocenters. The van der Waals surface area contributed by atoms with Crippen molar-refractivity contribution >= 4 is 11.9 Å². The molecule has 0 bridgehead atoms. The number of hydrogen-bond acceptors (Lipinski definition) is 5. The molecule has 5 nitrogen and oxygen atoms in total. The molecule has 5 heteroatoms. The summed E-state index contributed by atoms with van der Waals surface area (Å²) in [4.78, 5) is 23.9. The Morgan fingerprint density at radius 3 is 1.60 bits per heavy atom. The molecule has 30 heavy (non-hydrogen) atoms. The third-order valence-electron chi connectivity index (χ3n) is 4.25. The summed E-state index contributed by atoms with van der Waals surface area (Å²) in [5, 5.41) is 0. The SMILES string of the molecule is CC(=O)OCC(C)C.CC(C)CCN1CCCCC1.CC(C)COC(=O)C(C)(C)C. The highest BCUT2D eigenvalue weighted by atomic mass is 16.5. The molecule has 0 aromatic carbocycles. The lowest BCUT2D eigenvalue weighted by Crippen LogP contribution is -2.31. The van der Waals surface area contributed by atoms with Crippen molar-refractivity contribution in [3.8, 4) is 0 Å². The van der Waals surface area contributed by atoms with E-state index in [2.05, 4.69) is 23.5 Å². The average molecular weight is 430 g/mol. The van der Waals surface area contributed by atoms with Gasteiger partial charge in [-0.05, 0) is 77.4 Å². The van der Waals surface area contributed by atoms with Crippen LogP contribution in [0.2, 0.25) is 0 Å². The molecule has 0 N–H and O–H groups in total. The van der Waals surface area contributed by atoms with E-state index in [1.54, 1.807) is 0 Å². The maximum absolute atomic E-state index is 11.1. The first-order chi connectivity index (χ1) is 13.8. The summed E-state index contributed by atoms with van der Waals surface area (Å²) in [6, 6.07) is 0. The zero-order valence-electron chi connectivity index (χ0n) is 21.7. The van der Waals surface area contributed by atoms with E-state index in [-0.39, 0.29) is 17.4 Å². The van der Waals surface area contributed by atoms with Crippen molar-refractivity contribution in [2.24, 2.45) is 23.2 Å². The Bertz CT molecular complexity index is 433. The number of carbonyl (C=O) groups is 2. The van der Waals surface area contributed by atoms with Gasteiger partial charge >= 0.3 is 11.9 Å². The van der Waals surface area contributed by atoms with Crippen molar-refractivity contribution in [3.05, 3.63) is 0 Å². The molecule has 0 saturated carbocycles. The van der Waals surface area contributed by atoms with Gasteiger partial charge in [0.2, 0.25) is 0 Å². The molecule has 1 rings (SSSR count). The van der Waals surface area contributed by atoms with E-state index in [9.17, 15) is 9.59 Å². The van der Waals surface area contributed by atoms with Crippen LogP contribution in [0, 0.1) is 23.2 Å². The lowest BCUT2D eigenvalue weighted by molar-refractivity contribution is -0.154. The van der Waals surface area contributed by atoms with Crippen molar-refractivity contribution in [3.63, 3.8) is 0 Å². The molecule has 0 aromatic heterocycles. The molecule has 1 saturated heterocycles. The van der Waals surface area contributed by atoms with Gasteiger partial charge in [-0.2, -0.15) is 0 Å². The predicted molar refractivity (Wildman–Crippen MR) is 126 cm³/mol. The summed E-state index contributed by atoms with van der Waals surface area (Å²) >= 11 is 0. The predicted octanol–water partition coefficient (Wildman–Crippen LogP) is 5.96. The van der Waals surface area contributed by atoms with Crippen LogP contribution in [0.25, 0.3) is 0 Å². The van der Waals surface area contributed by atoms with Crippen molar-refractivity contribution in [2.75, 3.05) is 32.8 Å². The van der Waals surface area contributed by atoms with Crippen molar-refractivity contribution in [1.82, 2.24) is 4.90 Å². The number of likely N-dealkylation sites (tertiary alicyclic amines) is 1. The van der Waals surface area contributed by atoms with Gasteiger partial charge < -0.3 is 14.4 Å². The van der Waals surface area contributed by atoms with Crippen molar-refractivity contribution < 1.29 is 19.1 Å². The number of nitrogens with zero attached hydrogens (tertiary/aromatic N) is 1. The summed E-state index contributed by atoms with van der Waals surface area (Å²) < 4.78 is 9.69. The second kappa shape index (κ2) is 17.6. The molecule has 180 valence electrons. The van der Waals surface area contributed by atoms with Gasteiger partial charge in [-0.3, -0.25) is 9.59 Å². The zero-order chi connectivity index (χ0) is 23.7. The van der Waals surface area contributed by atoms with Gasteiger partial charge in [0.1, 0.15) is 0 Å². The van der Waals surface area contributed by atoms with Gasteiger partial charge in [0.05, 0.1) is 18.6 Å². The maximum Gasteiger partial charge on any atom is 0.311 e. The van der Waals surface area contributed by atoms with Crippen LogP contribution in [0.15, 0.2) is 0 Å². The van der Waals surface area contributed by atoms with Gasteiger partial charge in [-0.15, -0.1) is 0 Å². The minimum absolute atomic E-state index is 0.119. The van der Waals surface area contributed by atoms with Gasteiger partial charge in [0.15, 0.2) is 0 Å². The first kappa shape index (κ1) is 31.1. The normalized spacial score (nSPS) is 14.6. The number of piperidine rings is 1. The van der Waals surface area contributed by atoms with Crippen LogP contribution in [0.3, 0.4) is 0 Å². The highest BCUT2D eigenvalue weighted by molar-refractivity contribution is 5.75. The summed E-state index contributed by atoms with van der Waals surface area (Å²) in [5.41, 5.74) is -0.366. The topological polar surface area (TPSA) is 55.8 Å². The molecule has 1 aliphatic heterocycles. The second-order valence-electron chi connectivity index (χ2n) is 10.5. The van der Waals surface area contributed by atoms with Crippen LogP contribution in [0.1, 0.15) is 94.9 Å². The Balaban J connectivity index is 0. The first-order valence-electron chi connectivity index (χ1n) is 11.8. The number of carbonyl (C=O) groups excluding carboxylic acids is 2. The van der Waals surface area contributed by atoms with Crippen LogP contribution in [0.5, 0.6) is 0 Å². The first-order valence-corrected chi connectivity index (χ1v) is 11.8. The lowest BCUT2D eigenvalue weighted by Gasteiger charge is -2.26. The van der Waals surface area contributed by atoms with Gasteiger partial charge in [-0.1, -0.05) is 48.0 Å². The van der Waals surface area contributed by atoms with E-state index in [0.717, 1.165) is 5.92 Å². The minimum Gasteiger partial charge on any atom is -0.466 e. The largest absolute Gasteiger partial charge is 0.466 e. The fourth-order valence-corrected chi connectivity index (χ4v) is 2.37. The number of rotatable bonds is 7. The molecular weight excluding hydrogens is 378 g/mol. The smallest absolute Gasteiger partial charge is 0.311 e. The van der Waals surface area contributed by atoms with Crippen molar-refractivity contribution in [1.29, 1.82) is 0 Å². The van der Waals surface area contributed by atoms with Gasteiger partial charge in [0.25, 0.3) is 0 Å². The van der Waals surface area contributed by atoms with Crippen LogP contribution < -0.4 is 0 Å². The number of esters is 2. The number of ether oxygens (including phenoxy) is 2. The Kier molecular flexibility index (Phi) is 18.2. The highest BCUT2D eigenvalue weighted by Crippen LogP contribution is 2.15. The highest BCUT2D eigenvalue weighted by Gasteiger charge is 2.22. The summed E-state index contributed by atoms with van der Waals surface area (Å²) in [7, 11) is 0. The fourth-order valence-electron chi connectivity index (χ4n) is 2.37. The molecular formula is C25H51NO4. The van der Waals surface area contributed by atoms with E-state index in [1.807, 2.05) is 48.5 Å². The average Bonchev–Trinajstić information content (AvgIpc) is 2.64. The lowest BCUT2D eigenvalue weighted by atomic mass is 9.97. The molecule has 0 aliphatic carbocycles. The second-order valence-corrected chi connectivity index (χ2v) is 10.5. The maximum atomic E-state index is 11.1. The minimum atomic E-state index is -0.366. The molecule has 0 aromatic rings. The summed E-state index contributed by atoms with van der Waals surface area (Å²) in [6.45, 7) is 24.8. The van der Waals surface area contributed by atoms with E-state index in [4.69, 9.17) is 4.74 Å². The van der Waals surface area contributed by atoms with E-state index < -0.39 is 0 Å². The van der Waals surface area contributed by atoms with Crippen LogP contribution >= 0.6 is 0 Å². The quantitative estimate of drug-likeness (QED) is 0.468. The summed E-state index contributed by atoms with van der Waals surface area (Å²) in [6.07, 6.45) is 5.69.